The second kappa shape index (κ2) is 4.50. The van der Waals surface area contributed by atoms with E-state index < -0.39 is 0 Å². The van der Waals surface area contributed by atoms with Crippen molar-refractivity contribution in [3.63, 3.8) is 0 Å². The highest BCUT2D eigenvalue weighted by Gasteiger charge is 2.24. The van der Waals surface area contributed by atoms with Crippen LogP contribution in [0.4, 0.5) is 4.39 Å². The Morgan fingerprint density at radius 3 is 3.00 bits per heavy atom. The van der Waals surface area contributed by atoms with Gasteiger partial charge in [-0.1, -0.05) is 17.7 Å². The van der Waals surface area contributed by atoms with E-state index in [0.29, 0.717) is 18.6 Å². The smallest absolute Gasteiger partial charge is 0.129 e. The van der Waals surface area contributed by atoms with Crippen LogP contribution in [0.5, 0.6) is 0 Å². The van der Waals surface area contributed by atoms with E-state index in [4.69, 9.17) is 16.3 Å². The number of alkyl halides is 1. The highest BCUT2D eigenvalue weighted by atomic mass is 35.5. The van der Waals surface area contributed by atoms with Crippen LogP contribution < -0.4 is 0 Å². The predicted octanol–water partition coefficient (Wildman–Crippen LogP) is 3.59. The first kappa shape index (κ1) is 10.9. The molecule has 0 aromatic heterocycles. The molecule has 2 atom stereocenters. The molecular formula is C12H14ClFO. The van der Waals surface area contributed by atoms with E-state index in [1.165, 1.54) is 6.07 Å². The van der Waals surface area contributed by atoms with Crippen molar-refractivity contribution in [3.05, 3.63) is 35.1 Å². The molecule has 1 saturated heterocycles. The monoisotopic (exact) mass is 228 g/mol. The van der Waals surface area contributed by atoms with Gasteiger partial charge in [-0.2, -0.15) is 0 Å². The van der Waals surface area contributed by atoms with Gasteiger partial charge in [-0.25, -0.2) is 4.39 Å². The molecule has 2 rings (SSSR count). The van der Waals surface area contributed by atoms with Gasteiger partial charge in [-0.05, 0) is 25.8 Å². The van der Waals surface area contributed by atoms with Crippen molar-refractivity contribution < 1.29 is 9.13 Å². The van der Waals surface area contributed by atoms with Crippen LogP contribution >= 0.6 is 11.6 Å². The third kappa shape index (κ3) is 2.50. The van der Waals surface area contributed by atoms with Crippen LogP contribution in [0.1, 0.15) is 30.1 Å². The molecule has 1 fully saturated rings. The maximum Gasteiger partial charge on any atom is 0.129 e. The summed E-state index contributed by atoms with van der Waals surface area (Å²) in [5, 5.41) is 0.101. The molecular weight excluding hydrogens is 215 g/mol. The third-order valence-corrected chi connectivity index (χ3v) is 3.11. The molecule has 0 N–H and O–H groups in total. The molecule has 2 unspecified atom stereocenters. The van der Waals surface area contributed by atoms with Crippen molar-refractivity contribution in [1.29, 1.82) is 0 Å². The van der Waals surface area contributed by atoms with Crippen molar-refractivity contribution in [1.82, 2.24) is 0 Å². The lowest BCUT2D eigenvalue weighted by molar-refractivity contribution is 0.0147. The summed E-state index contributed by atoms with van der Waals surface area (Å²) >= 11 is 6.05. The van der Waals surface area contributed by atoms with Gasteiger partial charge >= 0.3 is 0 Å². The summed E-state index contributed by atoms with van der Waals surface area (Å²) in [6, 6.07) is 5.10. The van der Waals surface area contributed by atoms with Gasteiger partial charge in [0.2, 0.25) is 0 Å². The lowest BCUT2D eigenvalue weighted by atomic mass is 9.99. The number of aryl methyl sites for hydroxylation is 1. The number of hydrogen-bond acceptors (Lipinski definition) is 1. The molecule has 0 radical (unpaired) electrons. The Hall–Kier alpha value is -0.600. The average molecular weight is 229 g/mol. The summed E-state index contributed by atoms with van der Waals surface area (Å²) in [5.74, 6) is -0.198. The summed E-state index contributed by atoms with van der Waals surface area (Å²) in [5.41, 5.74) is 1.69. The fraction of sp³-hybridized carbons (Fsp3) is 0.500. The van der Waals surface area contributed by atoms with E-state index in [-0.39, 0.29) is 17.3 Å². The molecule has 0 bridgehead atoms. The van der Waals surface area contributed by atoms with E-state index in [2.05, 4.69) is 0 Å². The van der Waals surface area contributed by atoms with E-state index in [9.17, 15) is 4.39 Å². The Morgan fingerprint density at radius 2 is 2.27 bits per heavy atom. The molecule has 0 amide bonds. The van der Waals surface area contributed by atoms with Crippen LogP contribution in [-0.2, 0) is 4.74 Å². The average Bonchev–Trinajstić information content (AvgIpc) is 2.22. The Balaban J connectivity index is 2.24. The summed E-state index contributed by atoms with van der Waals surface area (Å²) in [4.78, 5) is 0. The van der Waals surface area contributed by atoms with Gasteiger partial charge in [-0.15, -0.1) is 11.6 Å². The number of rotatable bonds is 1. The molecule has 1 nitrogen and oxygen atoms in total. The van der Waals surface area contributed by atoms with Crippen molar-refractivity contribution >= 4 is 11.6 Å². The second-order valence-corrected chi connectivity index (χ2v) is 4.62. The third-order valence-electron chi connectivity index (χ3n) is 2.72. The Kier molecular flexibility index (Phi) is 3.27. The van der Waals surface area contributed by atoms with Crippen LogP contribution in [-0.4, -0.2) is 12.0 Å². The molecule has 15 heavy (non-hydrogen) atoms. The largest absolute Gasteiger partial charge is 0.373 e. The van der Waals surface area contributed by atoms with Crippen LogP contribution in [0.3, 0.4) is 0 Å². The van der Waals surface area contributed by atoms with Crippen LogP contribution in [0.25, 0.3) is 0 Å². The van der Waals surface area contributed by atoms with Gasteiger partial charge < -0.3 is 4.74 Å². The summed E-state index contributed by atoms with van der Waals surface area (Å²) < 4.78 is 19.1. The predicted molar refractivity (Wildman–Crippen MR) is 58.7 cm³/mol. The van der Waals surface area contributed by atoms with Crippen LogP contribution in [0, 0.1) is 12.7 Å². The SMILES string of the molecule is Cc1ccc(F)c(C2CC(Cl)CCO2)c1. The second-order valence-electron chi connectivity index (χ2n) is 4.01. The highest BCUT2D eigenvalue weighted by Crippen LogP contribution is 2.32. The molecule has 0 spiro atoms. The summed E-state index contributed by atoms with van der Waals surface area (Å²) in [6.07, 6.45) is 1.37. The topological polar surface area (TPSA) is 9.23 Å². The number of ether oxygens (including phenoxy) is 1. The van der Waals surface area contributed by atoms with Crippen molar-refractivity contribution in [3.8, 4) is 0 Å². The van der Waals surface area contributed by atoms with Crippen molar-refractivity contribution in [2.24, 2.45) is 0 Å². The quantitative estimate of drug-likeness (QED) is 0.668. The Labute approximate surface area is 94.2 Å². The van der Waals surface area contributed by atoms with Crippen LogP contribution in [0.2, 0.25) is 0 Å². The van der Waals surface area contributed by atoms with E-state index >= 15 is 0 Å². The zero-order valence-electron chi connectivity index (χ0n) is 8.67. The number of benzene rings is 1. The molecule has 1 aromatic rings. The molecule has 3 heteroatoms. The van der Waals surface area contributed by atoms with Gasteiger partial charge in [0, 0.05) is 17.5 Å². The minimum absolute atomic E-state index is 0.101. The molecule has 1 heterocycles. The fourth-order valence-electron chi connectivity index (χ4n) is 1.88. The van der Waals surface area contributed by atoms with Gasteiger partial charge in [0.1, 0.15) is 5.82 Å². The van der Waals surface area contributed by atoms with E-state index in [0.717, 1.165) is 12.0 Å². The Bertz CT molecular complexity index is 353. The van der Waals surface area contributed by atoms with Gasteiger partial charge in [-0.3, -0.25) is 0 Å². The lowest BCUT2D eigenvalue weighted by Crippen LogP contribution is -2.20. The molecule has 0 aliphatic carbocycles. The summed E-state index contributed by atoms with van der Waals surface area (Å²) in [7, 11) is 0. The minimum atomic E-state index is -0.198. The zero-order valence-corrected chi connectivity index (χ0v) is 9.43. The fourth-order valence-corrected chi connectivity index (χ4v) is 2.13. The number of hydrogen-bond donors (Lipinski definition) is 0. The molecule has 1 aromatic carbocycles. The van der Waals surface area contributed by atoms with Crippen molar-refractivity contribution in [2.45, 2.75) is 31.2 Å². The van der Waals surface area contributed by atoms with E-state index in [1.807, 2.05) is 13.0 Å². The first-order valence-electron chi connectivity index (χ1n) is 5.18. The maximum absolute atomic E-state index is 13.6. The Morgan fingerprint density at radius 1 is 1.47 bits per heavy atom. The molecule has 1 aliphatic rings. The zero-order chi connectivity index (χ0) is 10.8. The van der Waals surface area contributed by atoms with Crippen LogP contribution in [0.15, 0.2) is 18.2 Å². The maximum atomic E-state index is 13.6. The standard InChI is InChI=1S/C12H14ClFO/c1-8-2-3-11(14)10(6-8)12-7-9(13)4-5-15-12/h2-3,6,9,12H,4-5,7H2,1H3. The normalized spacial score (nSPS) is 26.6. The highest BCUT2D eigenvalue weighted by molar-refractivity contribution is 6.20. The van der Waals surface area contributed by atoms with Gasteiger partial charge in [0.15, 0.2) is 0 Å². The molecule has 1 aliphatic heterocycles. The minimum Gasteiger partial charge on any atom is -0.373 e. The van der Waals surface area contributed by atoms with Gasteiger partial charge in [0.05, 0.1) is 6.10 Å². The van der Waals surface area contributed by atoms with E-state index in [1.54, 1.807) is 6.07 Å². The number of halogens is 2. The van der Waals surface area contributed by atoms with Gasteiger partial charge in [0.25, 0.3) is 0 Å². The molecule has 0 saturated carbocycles. The lowest BCUT2D eigenvalue weighted by Gasteiger charge is -2.26. The first-order chi connectivity index (χ1) is 7.16. The summed E-state index contributed by atoms with van der Waals surface area (Å²) in [6.45, 7) is 2.57. The van der Waals surface area contributed by atoms with Crippen molar-refractivity contribution in [2.75, 3.05) is 6.61 Å². The first-order valence-corrected chi connectivity index (χ1v) is 5.62. The molecule has 82 valence electrons.